The van der Waals surface area contributed by atoms with Crippen LogP contribution in [0, 0.1) is 5.92 Å². The van der Waals surface area contributed by atoms with E-state index in [2.05, 4.69) is 21.5 Å². The van der Waals surface area contributed by atoms with Crippen LogP contribution >= 0.6 is 0 Å². The van der Waals surface area contributed by atoms with E-state index in [1.165, 1.54) is 0 Å². The van der Waals surface area contributed by atoms with Gasteiger partial charge in [0.15, 0.2) is 0 Å². The summed E-state index contributed by atoms with van der Waals surface area (Å²) in [6, 6.07) is 12.5. The van der Waals surface area contributed by atoms with E-state index in [1.807, 2.05) is 64.5 Å². The number of carbonyl (C=O) groups excluding carboxylic acids is 1. The van der Waals surface area contributed by atoms with Crippen LogP contribution in [0.2, 0.25) is 0 Å². The molecule has 0 unspecified atom stereocenters. The summed E-state index contributed by atoms with van der Waals surface area (Å²) in [4.78, 5) is 23.6. The Bertz CT molecular complexity index is 1040. The van der Waals surface area contributed by atoms with Gasteiger partial charge < -0.3 is 9.64 Å². The average molecular weight is 421 g/mol. The molecule has 6 nitrogen and oxygen atoms in total. The molecule has 31 heavy (non-hydrogen) atoms. The van der Waals surface area contributed by atoms with Crippen LogP contribution < -0.4 is 0 Å². The second-order valence-electron chi connectivity index (χ2n) is 9.56. The second-order valence-corrected chi connectivity index (χ2v) is 9.56. The molecule has 1 aliphatic rings. The van der Waals surface area contributed by atoms with Gasteiger partial charge in [-0.2, -0.15) is 0 Å². The number of hydrogen-bond acceptors (Lipinski definition) is 4. The highest BCUT2D eigenvalue weighted by Crippen LogP contribution is 2.30. The van der Waals surface area contributed by atoms with E-state index < -0.39 is 5.60 Å². The summed E-state index contributed by atoms with van der Waals surface area (Å²) in [6.07, 6.45) is 8.86. The first kappa shape index (κ1) is 21.3. The Kier molecular flexibility index (Phi) is 5.99. The van der Waals surface area contributed by atoms with Crippen molar-refractivity contribution in [2.45, 2.75) is 64.5 Å². The van der Waals surface area contributed by atoms with Gasteiger partial charge >= 0.3 is 6.09 Å². The minimum absolute atomic E-state index is 0.224. The van der Waals surface area contributed by atoms with Crippen molar-refractivity contribution in [3.63, 3.8) is 0 Å². The molecule has 6 heteroatoms. The molecule has 3 aromatic heterocycles. The van der Waals surface area contributed by atoms with Gasteiger partial charge in [0.25, 0.3) is 0 Å². The molecule has 164 valence electrons. The molecular formula is C25H32N4O2. The predicted molar refractivity (Wildman–Crippen MR) is 122 cm³/mol. The van der Waals surface area contributed by atoms with Crippen LogP contribution in [-0.2, 0) is 11.2 Å². The summed E-state index contributed by atoms with van der Waals surface area (Å²) >= 11 is 0. The van der Waals surface area contributed by atoms with Crippen LogP contribution in [0.1, 0.15) is 52.1 Å². The van der Waals surface area contributed by atoms with E-state index in [0.717, 1.165) is 54.8 Å². The van der Waals surface area contributed by atoms with Gasteiger partial charge in [0.2, 0.25) is 0 Å². The molecule has 0 aromatic carbocycles. The lowest BCUT2D eigenvalue weighted by Crippen LogP contribution is -2.42. The maximum absolute atomic E-state index is 12.4. The molecule has 0 N–H and O–H groups in total. The van der Waals surface area contributed by atoms with Crippen LogP contribution in [0.4, 0.5) is 4.79 Å². The van der Waals surface area contributed by atoms with E-state index in [0.29, 0.717) is 5.92 Å². The number of imidazole rings is 1. The maximum atomic E-state index is 12.4. The monoisotopic (exact) mass is 420 g/mol. The van der Waals surface area contributed by atoms with Crippen molar-refractivity contribution < 1.29 is 9.53 Å². The molecule has 1 saturated carbocycles. The number of amides is 1. The predicted octanol–water partition coefficient (Wildman–Crippen LogP) is 5.36. The van der Waals surface area contributed by atoms with Gasteiger partial charge in [-0.15, -0.1) is 0 Å². The highest BCUT2D eigenvalue weighted by atomic mass is 16.6. The first-order chi connectivity index (χ1) is 14.8. The van der Waals surface area contributed by atoms with Gasteiger partial charge in [0, 0.05) is 25.0 Å². The quantitative estimate of drug-likeness (QED) is 0.570. The summed E-state index contributed by atoms with van der Waals surface area (Å²) in [7, 11) is 1.86. The van der Waals surface area contributed by atoms with E-state index in [-0.39, 0.29) is 12.1 Å². The molecule has 1 aliphatic carbocycles. The zero-order valence-electron chi connectivity index (χ0n) is 18.9. The van der Waals surface area contributed by atoms with Crippen LogP contribution in [0.5, 0.6) is 0 Å². The summed E-state index contributed by atoms with van der Waals surface area (Å²) in [6.45, 7) is 5.72. The molecule has 0 saturated heterocycles. The Morgan fingerprint density at radius 1 is 1.13 bits per heavy atom. The molecule has 0 atom stereocenters. The Hall–Kier alpha value is -2.89. The number of hydrogen-bond donors (Lipinski definition) is 0. The average Bonchev–Trinajstić information content (AvgIpc) is 3.17. The topological polar surface area (TPSA) is 59.7 Å². The van der Waals surface area contributed by atoms with Crippen LogP contribution in [0.15, 0.2) is 48.8 Å². The molecule has 3 heterocycles. The normalized spacial score (nSPS) is 19.4. The summed E-state index contributed by atoms with van der Waals surface area (Å²) in [5, 5.41) is 0. The van der Waals surface area contributed by atoms with Gasteiger partial charge in [-0.3, -0.25) is 9.38 Å². The largest absolute Gasteiger partial charge is 0.444 e. The number of fused-ring (bicyclic) bond motifs is 1. The van der Waals surface area contributed by atoms with E-state index in [4.69, 9.17) is 9.72 Å². The lowest BCUT2D eigenvalue weighted by molar-refractivity contribution is 0.0172. The van der Waals surface area contributed by atoms with Crippen molar-refractivity contribution >= 4 is 11.7 Å². The second kappa shape index (κ2) is 8.69. The molecular weight excluding hydrogens is 388 g/mol. The number of rotatable bonds is 4. The molecule has 0 spiro atoms. The summed E-state index contributed by atoms with van der Waals surface area (Å²) in [5.41, 5.74) is 3.55. The van der Waals surface area contributed by atoms with Crippen LogP contribution in [-0.4, -0.2) is 44.1 Å². The standard InChI is InChI=1S/C25H32N4O2/c1-25(2,3)31-24(30)28(4)20-13-11-18(12-14-20)16-19-8-7-9-21(27-19)22-17-26-23-10-5-6-15-29(22)23/h5-10,15,17-18,20H,11-14,16H2,1-4H3. The third-order valence-electron chi connectivity index (χ3n) is 6.03. The van der Waals surface area contributed by atoms with Crippen LogP contribution in [0.3, 0.4) is 0 Å². The van der Waals surface area contributed by atoms with Gasteiger partial charge in [0.1, 0.15) is 11.2 Å². The highest BCUT2D eigenvalue weighted by molar-refractivity contribution is 5.68. The first-order valence-corrected chi connectivity index (χ1v) is 11.1. The highest BCUT2D eigenvalue weighted by Gasteiger charge is 2.29. The Morgan fingerprint density at radius 2 is 1.90 bits per heavy atom. The summed E-state index contributed by atoms with van der Waals surface area (Å²) in [5.74, 6) is 0.591. The minimum atomic E-state index is -0.458. The van der Waals surface area contributed by atoms with Crippen molar-refractivity contribution in [1.29, 1.82) is 0 Å². The van der Waals surface area contributed by atoms with Crippen molar-refractivity contribution in [3.8, 4) is 11.4 Å². The number of carbonyl (C=O) groups is 1. The lowest BCUT2D eigenvalue weighted by Gasteiger charge is -2.35. The van der Waals surface area contributed by atoms with E-state index in [1.54, 1.807) is 4.90 Å². The number of nitrogens with zero attached hydrogens (tertiary/aromatic N) is 4. The third-order valence-corrected chi connectivity index (χ3v) is 6.03. The van der Waals surface area contributed by atoms with Crippen molar-refractivity contribution in [2.24, 2.45) is 5.92 Å². The fourth-order valence-electron chi connectivity index (χ4n) is 4.37. The zero-order valence-corrected chi connectivity index (χ0v) is 18.9. The SMILES string of the molecule is CN(C(=O)OC(C)(C)C)C1CCC(Cc2cccc(-c3cnc4ccccn34)n2)CC1. The van der Waals surface area contributed by atoms with Crippen molar-refractivity contribution in [2.75, 3.05) is 7.05 Å². The Balaban J connectivity index is 1.37. The first-order valence-electron chi connectivity index (χ1n) is 11.1. The maximum Gasteiger partial charge on any atom is 0.410 e. The van der Waals surface area contributed by atoms with Crippen LogP contribution in [0.25, 0.3) is 17.0 Å². The summed E-state index contributed by atoms with van der Waals surface area (Å²) < 4.78 is 7.60. The number of pyridine rings is 2. The van der Waals surface area contributed by atoms with Gasteiger partial charge in [0.05, 0.1) is 17.6 Å². The van der Waals surface area contributed by atoms with E-state index >= 15 is 0 Å². The molecule has 0 radical (unpaired) electrons. The molecule has 3 aromatic rings. The molecule has 1 amide bonds. The smallest absolute Gasteiger partial charge is 0.410 e. The fourth-order valence-corrected chi connectivity index (χ4v) is 4.37. The van der Waals surface area contributed by atoms with Gasteiger partial charge in [-0.25, -0.2) is 9.78 Å². The van der Waals surface area contributed by atoms with Crippen molar-refractivity contribution in [3.05, 3.63) is 54.5 Å². The lowest BCUT2D eigenvalue weighted by atomic mass is 9.83. The molecule has 4 rings (SSSR count). The molecule has 1 fully saturated rings. The minimum Gasteiger partial charge on any atom is -0.444 e. The van der Waals surface area contributed by atoms with Crippen molar-refractivity contribution in [1.82, 2.24) is 19.3 Å². The number of ether oxygens (including phenoxy) is 1. The number of aromatic nitrogens is 3. The zero-order chi connectivity index (χ0) is 22.0. The molecule has 0 bridgehead atoms. The third kappa shape index (κ3) is 5.06. The Labute approximate surface area is 184 Å². The Morgan fingerprint density at radius 3 is 2.65 bits per heavy atom. The van der Waals surface area contributed by atoms with E-state index in [9.17, 15) is 4.79 Å². The fraction of sp³-hybridized carbons (Fsp3) is 0.480. The van der Waals surface area contributed by atoms with Gasteiger partial charge in [-0.1, -0.05) is 12.1 Å². The van der Waals surface area contributed by atoms with Gasteiger partial charge in [-0.05, 0) is 83.1 Å². The molecule has 0 aliphatic heterocycles.